The number of rotatable bonds is 10. The fourth-order valence-corrected chi connectivity index (χ4v) is 3.01. The Bertz CT molecular complexity index is 275. The number of unbranched alkanes of at least 4 members (excludes halogenated alkanes) is 1. The van der Waals surface area contributed by atoms with E-state index in [0.717, 1.165) is 31.4 Å². The number of nitriles is 1. The van der Waals surface area contributed by atoms with Crippen LogP contribution in [-0.2, 0) is 0 Å². The van der Waals surface area contributed by atoms with Crippen molar-refractivity contribution < 1.29 is 5.11 Å². The lowest BCUT2D eigenvalue weighted by molar-refractivity contribution is 0.289. The summed E-state index contributed by atoms with van der Waals surface area (Å²) < 4.78 is 0. The topological polar surface area (TPSA) is 56.0 Å². The Morgan fingerprint density at radius 3 is 2.78 bits per heavy atom. The van der Waals surface area contributed by atoms with E-state index in [-0.39, 0.29) is 12.1 Å². The normalized spacial score (nSPS) is 20.1. The Kier molecular flexibility index (Phi) is 7.06. The molecule has 0 bridgehead atoms. The zero-order chi connectivity index (χ0) is 13.4. The van der Waals surface area contributed by atoms with Crippen molar-refractivity contribution in [1.82, 2.24) is 5.32 Å². The Morgan fingerprint density at radius 2 is 2.22 bits per heavy atom. The maximum Gasteiger partial charge on any atom is 0.104 e. The van der Waals surface area contributed by atoms with E-state index >= 15 is 0 Å². The van der Waals surface area contributed by atoms with Gasteiger partial charge >= 0.3 is 0 Å². The molecule has 1 saturated carbocycles. The molecule has 0 aromatic rings. The second-order valence-electron chi connectivity index (χ2n) is 5.51. The summed E-state index contributed by atoms with van der Waals surface area (Å²) in [4.78, 5) is 0. The van der Waals surface area contributed by atoms with Gasteiger partial charge in [-0.25, -0.2) is 0 Å². The monoisotopic (exact) mass is 270 g/mol. The van der Waals surface area contributed by atoms with Crippen molar-refractivity contribution in [3.8, 4) is 6.07 Å². The van der Waals surface area contributed by atoms with Crippen molar-refractivity contribution >= 4 is 11.8 Å². The minimum Gasteiger partial charge on any atom is -0.396 e. The second-order valence-corrected chi connectivity index (χ2v) is 7.06. The van der Waals surface area contributed by atoms with Crippen LogP contribution in [0, 0.1) is 11.3 Å². The Morgan fingerprint density at radius 1 is 1.50 bits per heavy atom. The van der Waals surface area contributed by atoms with Gasteiger partial charge in [0, 0.05) is 17.9 Å². The number of hydrogen-bond acceptors (Lipinski definition) is 4. The van der Waals surface area contributed by atoms with Gasteiger partial charge in [-0.05, 0) is 51.2 Å². The summed E-state index contributed by atoms with van der Waals surface area (Å²) in [6.45, 7) is 4.47. The zero-order valence-corrected chi connectivity index (χ0v) is 12.4. The molecule has 4 heteroatoms. The Balaban J connectivity index is 2.06. The van der Waals surface area contributed by atoms with Gasteiger partial charge in [-0.3, -0.25) is 5.32 Å². The van der Waals surface area contributed by atoms with Gasteiger partial charge in [0.2, 0.25) is 0 Å². The van der Waals surface area contributed by atoms with E-state index in [4.69, 9.17) is 5.11 Å². The first kappa shape index (κ1) is 15.8. The molecule has 3 nitrogen and oxygen atoms in total. The largest absolute Gasteiger partial charge is 0.396 e. The first-order chi connectivity index (χ1) is 8.59. The average molecular weight is 270 g/mol. The van der Waals surface area contributed by atoms with Crippen molar-refractivity contribution in [2.75, 3.05) is 12.4 Å². The van der Waals surface area contributed by atoms with Crippen LogP contribution >= 0.6 is 11.8 Å². The highest BCUT2D eigenvalue weighted by Crippen LogP contribution is 2.25. The van der Waals surface area contributed by atoms with E-state index in [1.165, 1.54) is 12.8 Å². The highest BCUT2D eigenvalue weighted by atomic mass is 32.2. The van der Waals surface area contributed by atoms with Crippen LogP contribution in [0.15, 0.2) is 0 Å². The molecule has 1 fully saturated rings. The zero-order valence-electron chi connectivity index (χ0n) is 11.6. The lowest BCUT2D eigenvalue weighted by Crippen LogP contribution is -2.42. The maximum atomic E-state index is 9.23. The lowest BCUT2D eigenvalue weighted by Gasteiger charge is -2.23. The van der Waals surface area contributed by atoms with Gasteiger partial charge < -0.3 is 5.11 Å². The molecule has 2 N–H and O–H groups in total. The molecule has 0 spiro atoms. The molecule has 0 saturated heterocycles. The van der Waals surface area contributed by atoms with E-state index in [9.17, 15) is 5.26 Å². The number of nitrogens with zero attached hydrogens (tertiary/aromatic N) is 1. The summed E-state index contributed by atoms with van der Waals surface area (Å²) in [5.41, 5.74) is -0.331. The van der Waals surface area contributed by atoms with Gasteiger partial charge in [-0.2, -0.15) is 17.0 Å². The van der Waals surface area contributed by atoms with Gasteiger partial charge in [0.05, 0.1) is 6.07 Å². The molecule has 0 aromatic heterocycles. The van der Waals surface area contributed by atoms with Gasteiger partial charge in [-0.15, -0.1) is 0 Å². The van der Waals surface area contributed by atoms with Gasteiger partial charge in [0.15, 0.2) is 0 Å². The molecular formula is C14H26N2OS. The summed E-state index contributed by atoms with van der Waals surface area (Å²) >= 11 is 1.92. The van der Waals surface area contributed by atoms with Crippen LogP contribution in [0.3, 0.4) is 0 Å². The van der Waals surface area contributed by atoms with Crippen molar-refractivity contribution in [3.63, 3.8) is 0 Å². The standard InChI is InChI=1S/C14H26N2OS/c1-12(7-9-17)18-10-4-3-8-14(2,11-15)16-13-5-6-13/h12-13,16-17H,3-10H2,1-2H3. The summed E-state index contributed by atoms with van der Waals surface area (Å²) in [5, 5.41) is 22.0. The fraction of sp³-hybridized carbons (Fsp3) is 0.929. The molecular weight excluding hydrogens is 244 g/mol. The van der Waals surface area contributed by atoms with Crippen LogP contribution in [0.1, 0.15) is 52.4 Å². The van der Waals surface area contributed by atoms with Gasteiger partial charge in [0.25, 0.3) is 0 Å². The van der Waals surface area contributed by atoms with E-state index < -0.39 is 0 Å². The molecule has 0 aliphatic heterocycles. The van der Waals surface area contributed by atoms with Crippen LogP contribution < -0.4 is 5.32 Å². The molecule has 104 valence electrons. The van der Waals surface area contributed by atoms with Gasteiger partial charge in [-0.1, -0.05) is 6.92 Å². The smallest absolute Gasteiger partial charge is 0.104 e. The molecule has 0 radical (unpaired) electrons. The highest BCUT2D eigenvalue weighted by Gasteiger charge is 2.31. The summed E-state index contributed by atoms with van der Waals surface area (Å²) in [6.07, 6.45) is 6.53. The van der Waals surface area contributed by atoms with Crippen molar-refractivity contribution in [3.05, 3.63) is 0 Å². The minimum atomic E-state index is -0.331. The minimum absolute atomic E-state index is 0.284. The number of aliphatic hydroxyl groups is 1. The Hall–Kier alpha value is -0.240. The third-order valence-corrected chi connectivity index (χ3v) is 4.69. The molecule has 0 aromatic carbocycles. The number of aliphatic hydroxyl groups excluding tert-OH is 1. The van der Waals surface area contributed by atoms with E-state index in [1.807, 2.05) is 18.7 Å². The predicted octanol–water partition coefficient (Wildman–Crippen LogP) is 2.70. The highest BCUT2D eigenvalue weighted by molar-refractivity contribution is 7.99. The molecule has 2 atom stereocenters. The maximum absolute atomic E-state index is 9.23. The lowest BCUT2D eigenvalue weighted by atomic mass is 9.96. The molecule has 1 aliphatic carbocycles. The predicted molar refractivity (Wildman–Crippen MR) is 77.6 cm³/mol. The quantitative estimate of drug-likeness (QED) is 0.599. The third kappa shape index (κ3) is 6.63. The molecule has 1 aliphatic rings. The number of thioether (sulfide) groups is 1. The van der Waals surface area contributed by atoms with Crippen LogP contribution in [0.25, 0.3) is 0 Å². The van der Waals surface area contributed by atoms with Crippen LogP contribution in [0.5, 0.6) is 0 Å². The van der Waals surface area contributed by atoms with E-state index in [0.29, 0.717) is 11.3 Å². The van der Waals surface area contributed by atoms with Crippen LogP contribution in [0.2, 0.25) is 0 Å². The second kappa shape index (κ2) is 8.04. The number of hydrogen-bond donors (Lipinski definition) is 2. The number of nitrogens with one attached hydrogen (secondary N) is 1. The Labute approximate surface area is 115 Å². The van der Waals surface area contributed by atoms with E-state index in [2.05, 4.69) is 18.3 Å². The first-order valence-electron chi connectivity index (χ1n) is 7.01. The summed E-state index contributed by atoms with van der Waals surface area (Å²) in [7, 11) is 0. The van der Waals surface area contributed by atoms with Gasteiger partial charge in [0.1, 0.15) is 5.54 Å². The van der Waals surface area contributed by atoms with Crippen molar-refractivity contribution in [1.29, 1.82) is 5.26 Å². The van der Waals surface area contributed by atoms with Crippen LogP contribution in [-0.4, -0.2) is 34.3 Å². The molecule has 1 rings (SSSR count). The summed E-state index contributed by atoms with van der Waals surface area (Å²) in [6, 6.07) is 3.01. The van der Waals surface area contributed by atoms with Crippen LogP contribution in [0.4, 0.5) is 0 Å². The van der Waals surface area contributed by atoms with E-state index in [1.54, 1.807) is 0 Å². The van der Waals surface area contributed by atoms with Crippen molar-refractivity contribution in [2.45, 2.75) is 69.2 Å². The molecule has 2 unspecified atom stereocenters. The summed E-state index contributed by atoms with van der Waals surface area (Å²) in [5.74, 6) is 1.13. The first-order valence-corrected chi connectivity index (χ1v) is 8.06. The fourth-order valence-electron chi connectivity index (χ4n) is 1.97. The third-order valence-electron chi connectivity index (χ3n) is 3.36. The average Bonchev–Trinajstić information content (AvgIpc) is 3.13. The SMILES string of the molecule is CC(CCO)SCCCCC(C)(C#N)NC1CC1. The van der Waals surface area contributed by atoms with Crippen molar-refractivity contribution in [2.24, 2.45) is 0 Å². The molecule has 0 heterocycles. The molecule has 0 amide bonds. The molecule has 18 heavy (non-hydrogen) atoms.